The standard InChI is InChI=1S/C15H30N2O3/c18-11-10-16-6-8-17(9-7-16)12-14(19)13-20-15-4-2-1-3-5-15/h14-15,18-19H,1-13H2. The van der Waals surface area contributed by atoms with Crippen molar-refractivity contribution in [2.24, 2.45) is 0 Å². The van der Waals surface area contributed by atoms with Crippen LogP contribution in [0.1, 0.15) is 32.1 Å². The first-order valence-electron chi connectivity index (χ1n) is 8.13. The molecule has 1 aliphatic heterocycles. The van der Waals surface area contributed by atoms with Crippen LogP contribution < -0.4 is 0 Å². The SMILES string of the molecule is OCCN1CCN(CC(O)COC2CCCCC2)CC1. The lowest BCUT2D eigenvalue weighted by molar-refractivity contribution is -0.0372. The van der Waals surface area contributed by atoms with Crippen LogP contribution in [0.4, 0.5) is 0 Å². The van der Waals surface area contributed by atoms with Gasteiger partial charge in [-0.2, -0.15) is 0 Å². The Morgan fingerprint density at radius 1 is 1.00 bits per heavy atom. The molecule has 2 N–H and O–H groups in total. The van der Waals surface area contributed by atoms with E-state index in [1.54, 1.807) is 0 Å². The van der Waals surface area contributed by atoms with Gasteiger partial charge in [-0.3, -0.25) is 9.80 Å². The van der Waals surface area contributed by atoms with Crippen LogP contribution in [-0.2, 0) is 4.74 Å². The first-order valence-corrected chi connectivity index (χ1v) is 8.13. The van der Waals surface area contributed by atoms with E-state index in [1.165, 1.54) is 19.3 Å². The van der Waals surface area contributed by atoms with Gasteiger partial charge in [0.1, 0.15) is 0 Å². The molecular formula is C15H30N2O3. The van der Waals surface area contributed by atoms with Crippen molar-refractivity contribution < 1.29 is 14.9 Å². The zero-order valence-electron chi connectivity index (χ0n) is 12.5. The Morgan fingerprint density at radius 3 is 2.30 bits per heavy atom. The van der Waals surface area contributed by atoms with Gasteiger partial charge in [-0.1, -0.05) is 19.3 Å². The van der Waals surface area contributed by atoms with Gasteiger partial charge in [0.15, 0.2) is 0 Å². The van der Waals surface area contributed by atoms with Gasteiger partial charge in [0.2, 0.25) is 0 Å². The largest absolute Gasteiger partial charge is 0.395 e. The smallest absolute Gasteiger partial charge is 0.0900 e. The van der Waals surface area contributed by atoms with Crippen molar-refractivity contribution in [2.45, 2.75) is 44.3 Å². The summed E-state index contributed by atoms with van der Waals surface area (Å²) in [4.78, 5) is 4.56. The highest BCUT2D eigenvalue weighted by molar-refractivity contribution is 4.74. The first kappa shape index (κ1) is 16.2. The molecule has 0 aromatic carbocycles. The quantitative estimate of drug-likeness (QED) is 0.705. The molecule has 5 nitrogen and oxygen atoms in total. The second kappa shape index (κ2) is 8.95. The van der Waals surface area contributed by atoms with Crippen LogP contribution in [0.5, 0.6) is 0 Å². The van der Waals surface area contributed by atoms with Gasteiger partial charge in [-0.15, -0.1) is 0 Å². The highest BCUT2D eigenvalue weighted by Gasteiger charge is 2.20. The summed E-state index contributed by atoms with van der Waals surface area (Å²) in [5.41, 5.74) is 0. The molecule has 0 amide bonds. The number of piperazine rings is 1. The monoisotopic (exact) mass is 286 g/mol. The zero-order chi connectivity index (χ0) is 14.2. The predicted molar refractivity (Wildman–Crippen MR) is 78.8 cm³/mol. The summed E-state index contributed by atoms with van der Waals surface area (Å²) in [6, 6.07) is 0. The lowest BCUT2D eigenvalue weighted by atomic mass is 9.98. The van der Waals surface area contributed by atoms with Crippen LogP contribution in [0.25, 0.3) is 0 Å². The highest BCUT2D eigenvalue weighted by atomic mass is 16.5. The van der Waals surface area contributed by atoms with Gasteiger partial charge in [0, 0.05) is 39.3 Å². The Morgan fingerprint density at radius 2 is 1.65 bits per heavy atom. The Labute approximate surface area is 122 Å². The van der Waals surface area contributed by atoms with Crippen molar-refractivity contribution in [3.63, 3.8) is 0 Å². The molecule has 1 heterocycles. The van der Waals surface area contributed by atoms with Crippen molar-refractivity contribution in [3.8, 4) is 0 Å². The van der Waals surface area contributed by atoms with E-state index < -0.39 is 0 Å². The lowest BCUT2D eigenvalue weighted by Gasteiger charge is -2.35. The maximum atomic E-state index is 10.1. The van der Waals surface area contributed by atoms with E-state index in [0.29, 0.717) is 19.3 Å². The van der Waals surface area contributed by atoms with Crippen molar-refractivity contribution in [1.82, 2.24) is 9.80 Å². The van der Waals surface area contributed by atoms with Crippen LogP contribution in [0.3, 0.4) is 0 Å². The van der Waals surface area contributed by atoms with E-state index in [1.807, 2.05) is 0 Å². The van der Waals surface area contributed by atoms with Gasteiger partial charge in [-0.05, 0) is 12.8 Å². The van der Waals surface area contributed by atoms with E-state index in [2.05, 4.69) is 9.80 Å². The van der Waals surface area contributed by atoms with Gasteiger partial charge in [-0.25, -0.2) is 0 Å². The van der Waals surface area contributed by atoms with E-state index in [-0.39, 0.29) is 12.7 Å². The second-order valence-electron chi connectivity index (χ2n) is 6.11. The molecular weight excluding hydrogens is 256 g/mol. The van der Waals surface area contributed by atoms with Crippen molar-refractivity contribution in [2.75, 3.05) is 52.5 Å². The molecule has 0 spiro atoms. The zero-order valence-corrected chi connectivity index (χ0v) is 12.5. The molecule has 0 aromatic heterocycles. The lowest BCUT2D eigenvalue weighted by Crippen LogP contribution is -2.49. The minimum Gasteiger partial charge on any atom is -0.395 e. The fourth-order valence-corrected chi connectivity index (χ4v) is 3.17. The summed E-state index contributed by atoms with van der Waals surface area (Å²) in [7, 11) is 0. The Bertz CT molecular complexity index is 252. The van der Waals surface area contributed by atoms with Crippen LogP contribution >= 0.6 is 0 Å². The van der Waals surface area contributed by atoms with E-state index in [9.17, 15) is 5.11 Å². The fraction of sp³-hybridized carbons (Fsp3) is 1.00. The minimum atomic E-state index is -0.374. The average molecular weight is 286 g/mol. The summed E-state index contributed by atoms with van der Waals surface area (Å²) in [5, 5.41) is 19.0. The average Bonchev–Trinajstić information content (AvgIpc) is 2.49. The molecule has 2 aliphatic rings. The van der Waals surface area contributed by atoms with Crippen molar-refractivity contribution >= 4 is 0 Å². The summed E-state index contributed by atoms with van der Waals surface area (Å²) < 4.78 is 5.83. The maximum absolute atomic E-state index is 10.1. The fourth-order valence-electron chi connectivity index (χ4n) is 3.17. The number of hydrogen-bond donors (Lipinski definition) is 2. The molecule has 5 heteroatoms. The van der Waals surface area contributed by atoms with Crippen LogP contribution in [0, 0.1) is 0 Å². The maximum Gasteiger partial charge on any atom is 0.0900 e. The number of aliphatic hydroxyl groups excluding tert-OH is 2. The summed E-state index contributed by atoms with van der Waals surface area (Å²) in [5.74, 6) is 0. The minimum absolute atomic E-state index is 0.234. The van der Waals surface area contributed by atoms with Gasteiger partial charge in [0.05, 0.1) is 25.4 Å². The van der Waals surface area contributed by atoms with Crippen LogP contribution in [0.15, 0.2) is 0 Å². The molecule has 2 fully saturated rings. The molecule has 118 valence electrons. The second-order valence-corrected chi connectivity index (χ2v) is 6.11. The number of nitrogens with zero attached hydrogens (tertiary/aromatic N) is 2. The van der Waals surface area contributed by atoms with Crippen LogP contribution in [-0.4, -0.2) is 84.7 Å². The van der Waals surface area contributed by atoms with Gasteiger partial charge < -0.3 is 14.9 Å². The number of rotatable bonds is 7. The summed E-state index contributed by atoms with van der Waals surface area (Å²) in [6.45, 7) is 6.09. The predicted octanol–water partition coefficient (Wildman–Crippen LogP) is 0.307. The molecule has 2 rings (SSSR count). The van der Waals surface area contributed by atoms with Crippen LogP contribution in [0.2, 0.25) is 0 Å². The highest BCUT2D eigenvalue weighted by Crippen LogP contribution is 2.20. The molecule has 0 aromatic rings. The molecule has 1 unspecified atom stereocenters. The first-order chi connectivity index (χ1) is 9.78. The summed E-state index contributed by atoms with van der Waals surface area (Å²) >= 11 is 0. The topological polar surface area (TPSA) is 56.2 Å². The molecule has 20 heavy (non-hydrogen) atoms. The third-order valence-corrected chi connectivity index (χ3v) is 4.43. The van der Waals surface area contributed by atoms with E-state index >= 15 is 0 Å². The van der Waals surface area contributed by atoms with E-state index in [4.69, 9.17) is 9.84 Å². The van der Waals surface area contributed by atoms with E-state index in [0.717, 1.165) is 45.6 Å². The van der Waals surface area contributed by atoms with Gasteiger partial charge in [0.25, 0.3) is 0 Å². The molecule has 1 saturated carbocycles. The Kier molecular flexibility index (Phi) is 7.24. The van der Waals surface area contributed by atoms with Gasteiger partial charge >= 0.3 is 0 Å². The van der Waals surface area contributed by atoms with Crippen molar-refractivity contribution in [3.05, 3.63) is 0 Å². The normalized spacial score (nSPS) is 24.9. The number of ether oxygens (including phenoxy) is 1. The molecule has 1 atom stereocenters. The number of β-amino-alcohol motifs (C(OH)–C–C–N with tert-alkyl or cyclic N) is 2. The number of aliphatic hydroxyl groups is 2. The molecule has 1 aliphatic carbocycles. The Balaban J connectivity index is 1.56. The molecule has 0 bridgehead atoms. The number of hydrogen-bond acceptors (Lipinski definition) is 5. The third-order valence-electron chi connectivity index (χ3n) is 4.43. The third kappa shape index (κ3) is 5.66. The summed E-state index contributed by atoms with van der Waals surface area (Å²) in [6.07, 6.45) is 6.20. The molecule has 1 saturated heterocycles. The molecule has 0 radical (unpaired) electrons. The van der Waals surface area contributed by atoms with Crippen molar-refractivity contribution in [1.29, 1.82) is 0 Å². The Hall–Kier alpha value is -0.200.